The number of carbonyl (C=O) groups is 2. The van der Waals surface area contributed by atoms with Crippen LogP contribution in [-0.4, -0.2) is 41.2 Å². The number of hydrogen-bond acceptors (Lipinski definition) is 6. The number of halogens is 1. The van der Waals surface area contributed by atoms with E-state index in [1.807, 2.05) is 19.1 Å². The van der Waals surface area contributed by atoms with Gasteiger partial charge in [-0.2, -0.15) is 0 Å². The quantitative estimate of drug-likeness (QED) is 0.258. The summed E-state index contributed by atoms with van der Waals surface area (Å²) in [5, 5.41) is 3.24. The summed E-state index contributed by atoms with van der Waals surface area (Å²) < 4.78 is 16.6. The highest BCUT2D eigenvalue weighted by atomic mass is 35.5. The maximum atomic E-state index is 13.6. The Morgan fingerprint density at radius 1 is 1.02 bits per heavy atom. The molecule has 0 aliphatic carbocycles. The van der Waals surface area contributed by atoms with Crippen molar-refractivity contribution in [3.8, 4) is 0 Å². The summed E-state index contributed by atoms with van der Waals surface area (Å²) in [6.07, 6.45) is -0.130. The average Bonchev–Trinajstić information content (AvgIpc) is 3.06. The zero-order valence-electron chi connectivity index (χ0n) is 22.3. The Balaban J connectivity index is 0.00000103. The lowest BCUT2D eigenvalue weighted by molar-refractivity contribution is 0.0984. The summed E-state index contributed by atoms with van der Waals surface area (Å²) in [5.41, 5.74) is 13.8. The maximum absolute atomic E-state index is 13.6. The van der Waals surface area contributed by atoms with Gasteiger partial charge in [0.2, 0.25) is 0 Å². The Kier molecular flexibility index (Phi) is 11.0. The molecule has 1 aliphatic heterocycles. The highest BCUT2D eigenvalue weighted by Gasteiger charge is 2.32. The maximum Gasteiger partial charge on any atom is 0.470 e. The molecule has 7 N–H and O–H groups in total. The van der Waals surface area contributed by atoms with Crippen molar-refractivity contribution >= 4 is 42.6 Å². The first-order valence-corrected chi connectivity index (χ1v) is 14.6. The van der Waals surface area contributed by atoms with Crippen molar-refractivity contribution < 1.29 is 28.5 Å². The summed E-state index contributed by atoms with van der Waals surface area (Å²) in [6.45, 7) is 5.18. The molecule has 0 saturated carbocycles. The first kappa shape index (κ1) is 31.4. The van der Waals surface area contributed by atoms with Crippen LogP contribution in [0.2, 0.25) is 5.02 Å². The molecule has 0 aromatic heterocycles. The zero-order chi connectivity index (χ0) is 29.4. The standard InChI is InChI=1S/C26H26ClN2O6P.C2H8N2/c1-16-6-3-4-7-20(16)25(30)28-19-10-11-21(17(2)14-19)26(31)29-13-5-8-24(35-36(32,33)34)22-15-18(27)9-12-23(22)29;3-1-2-4/h3-4,6-7,9-12,14-15,24H,5,8,13H2,1-2H3,(H,28,30)(H2,32,33,34);1-4H2. The van der Waals surface area contributed by atoms with Gasteiger partial charge in [0.25, 0.3) is 11.8 Å². The lowest BCUT2D eigenvalue weighted by Gasteiger charge is -2.25. The minimum atomic E-state index is -4.76. The Hall–Kier alpha value is -3.08. The van der Waals surface area contributed by atoms with Gasteiger partial charge in [-0.15, -0.1) is 0 Å². The number of nitrogens with one attached hydrogen (secondary N) is 1. The molecule has 214 valence electrons. The summed E-state index contributed by atoms with van der Waals surface area (Å²) in [7, 11) is -4.76. The fraction of sp³-hybridized carbons (Fsp3) is 0.286. The normalized spacial score (nSPS) is 14.9. The fourth-order valence-electron chi connectivity index (χ4n) is 4.38. The largest absolute Gasteiger partial charge is 0.470 e. The molecule has 1 aliphatic rings. The van der Waals surface area contributed by atoms with Crippen molar-refractivity contribution in [2.75, 3.05) is 29.9 Å². The first-order valence-electron chi connectivity index (χ1n) is 12.7. The van der Waals surface area contributed by atoms with E-state index in [-0.39, 0.29) is 11.8 Å². The number of rotatable bonds is 6. The summed E-state index contributed by atoms with van der Waals surface area (Å²) >= 11 is 6.16. The monoisotopic (exact) mass is 588 g/mol. The summed E-state index contributed by atoms with van der Waals surface area (Å²) in [4.78, 5) is 46.6. The number of phosphoric ester groups is 1. The van der Waals surface area contributed by atoms with Gasteiger partial charge in [0, 0.05) is 52.7 Å². The van der Waals surface area contributed by atoms with Crippen LogP contribution in [0, 0.1) is 13.8 Å². The molecule has 0 saturated heterocycles. The van der Waals surface area contributed by atoms with Crippen molar-refractivity contribution in [1.29, 1.82) is 0 Å². The molecule has 1 unspecified atom stereocenters. The van der Waals surface area contributed by atoms with Crippen molar-refractivity contribution in [3.63, 3.8) is 0 Å². The summed E-state index contributed by atoms with van der Waals surface area (Å²) in [5.74, 6) is -0.509. The van der Waals surface area contributed by atoms with Gasteiger partial charge in [-0.05, 0) is 80.3 Å². The van der Waals surface area contributed by atoms with Gasteiger partial charge in [0.15, 0.2) is 0 Å². The number of phosphoric acid groups is 1. The number of fused-ring (bicyclic) bond motifs is 1. The molecule has 0 bridgehead atoms. The van der Waals surface area contributed by atoms with E-state index in [9.17, 15) is 23.9 Å². The van der Waals surface area contributed by atoms with Crippen LogP contribution in [0.1, 0.15) is 56.4 Å². The van der Waals surface area contributed by atoms with E-state index in [0.29, 0.717) is 71.1 Å². The number of benzene rings is 3. The van der Waals surface area contributed by atoms with E-state index >= 15 is 0 Å². The third-order valence-electron chi connectivity index (χ3n) is 6.26. The van der Waals surface area contributed by atoms with Gasteiger partial charge in [-0.3, -0.25) is 14.1 Å². The van der Waals surface area contributed by atoms with Crippen LogP contribution in [0.4, 0.5) is 11.4 Å². The molecule has 12 heteroatoms. The Morgan fingerprint density at radius 3 is 2.35 bits per heavy atom. The smallest absolute Gasteiger partial charge is 0.329 e. The Labute approximate surface area is 238 Å². The topological polar surface area (TPSA) is 168 Å². The van der Waals surface area contributed by atoms with Gasteiger partial charge < -0.3 is 31.5 Å². The van der Waals surface area contributed by atoms with Gasteiger partial charge >= 0.3 is 7.82 Å². The van der Waals surface area contributed by atoms with E-state index in [2.05, 4.69) is 5.32 Å². The molecule has 40 heavy (non-hydrogen) atoms. The molecule has 0 fully saturated rings. The average molecular weight is 589 g/mol. The van der Waals surface area contributed by atoms with Crippen LogP contribution in [0.3, 0.4) is 0 Å². The molecule has 0 spiro atoms. The molecule has 1 atom stereocenters. The van der Waals surface area contributed by atoms with Crippen molar-refractivity contribution in [3.05, 3.63) is 93.5 Å². The minimum Gasteiger partial charge on any atom is -0.329 e. The minimum absolute atomic E-state index is 0.235. The van der Waals surface area contributed by atoms with Crippen molar-refractivity contribution in [1.82, 2.24) is 0 Å². The molecular weight excluding hydrogens is 555 g/mol. The zero-order valence-corrected chi connectivity index (χ0v) is 24.0. The number of anilines is 2. The third-order valence-corrected chi connectivity index (χ3v) is 7.02. The van der Waals surface area contributed by atoms with Crippen molar-refractivity contribution in [2.24, 2.45) is 11.5 Å². The Morgan fingerprint density at radius 2 is 1.73 bits per heavy atom. The van der Waals surface area contributed by atoms with Crippen LogP contribution in [0.25, 0.3) is 0 Å². The molecule has 3 aromatic rings. The Bertz CT molecular complexity index is 1410. The fourth-order valence-corrected chi connectivity index (χ4v) is 5.11. The number of carbonyl (C=O) groups excluding carboxylic acids is 2. The van der Waals surface area contributed by atoms with Crippen LogP contribution in [-0.2, 0) is 9.09 Å². The molecule has 3 aromatic carbocycles. The molecule has 4 rings (SSSR count). The second-order valence-corrected chi connectivity index (χ2v) is 10.9. The first-order chi connectivity index (χ1) is 18.9. The highest BCUT2D eigenvalue weighted by molar-refractivity contribution is 7.46. The van der Waals surface area contributed by atoms with E-state index < -0.39 is 13.9 Å². The number of hydrogen-bond donors (Lipinski definition) is 5. The van der Waals surface area contributed by atoms with Crippen LogP contribution < -0.4 is 21.7 Å². The van der Waals surface area contributed by atoms with E-state index in [1.165, 1.54) is 0 Å². The second-order valence-electron chi connectivity index (χ2n) is 9.26. The predicted octanol–water partition coefficient (Wildman–Crippen LogP) is 4.70. The molecular formula is C28H34ClN4O6P. The number of nitrogens with two attached hydrogens (primary N) is 2. The second kappa shape index (κ2) is 14.0. The van der Waals surface area contributed by atoms with E-state index in [1.54, 1.807) is 60.4 Å². The van der Waals surface area contributed by atoms with Gasteiger partial charge in [-0.25, -0.2) is 4.57 Å². The lowest BCUT2D eigenvalue weighted by atomic mass is 10.0. The molecule has 1 heterocycles. The predicted molar refractivity (Wildman–Crippen MR) is 157 cm³/mol. The lowest BCUT2D eigenvalue weighted by Crippen LogP contribution is -2.32. The molecule has 10 nitrogen and oxygen atoms in total. The molecule has 0 radical (unpaired) electrons. The van der Waals surface area contributed by atoms with E-state index in [4.69, 9.17) is 27.6 Å². The molecule has 2 amide bonds. The summed E-state index contributed by atoms with van der Waals surface area (Å²) in [6, 6.07) is 17.2. The van der Waals surface area contributed by atoms with Crippen LogP contribution >= 0.6 is 19.4 Å². The van der Waals surface area contributed by atoms with Crippen LogP contribution in [0.15, 0.2) is 60.7 Å². The van der Waals surface area contributed by atoms with Gasteiger partial charge in [0.1, 0.15) is 0 Å². The third kappa shape index (κ3) is 8.22. The number of nitrogens with zero attached hydrogens (tertiary/aromatic N) is 1. The van der Waals surface area contributed by atoms with Crippen LogP contribution in [0.5, 0.6) is 0 Å². The van der Waals surface area contributed by atoms with Crippen molar-refractivity contribution in [2.45, 2.75) is 32.8 Å². The highest BCUT2D eigenvalue weighted by Crippen LogP contribution is 2.47. The SMILES string of the molecule is Cc1ccccc1C(=O)Nc1ccc(C(=O)N2CCCC(OP(=O)(O)O)c3cc(Cl)ccc32)c(C)c1.NCCN. The number of amides is 2. The van der Waals surface area contributed by atoms with Gasteiger partial charge in [-0.1, -0.05) is 29.8 Å². The van der Waals surface area contributed by atoms with E-state index in [0.717, 1.165) is 5.56 Å². The number of aryl methyl sites for hydroxylation is 2. The van der Waals surface area contributed by atoms with Gasteiger partial charge in [0.05, 0.1) is 6.10 Å².